The largest absolute Gasteiger partial charge is 0.399 e. The first kappa shape index (κ1) is 13.6. The number of hydrogen-bond donors (Lipinski definition) is 1. The Morgan fingerprint density at radius 3 is 2.95 bits per heavy atom. The predicted molar refractivity (Wildman–Crippen MR) is 71.2 cm³/mol. The molecular formula is C11H14FN5OS. The van der Waals surface area contributed by atoms with Gasteiger partial charge in [0.05, 0.1) is 5.56 Å². The molecule has 8 heteroatoms. The van der Waals surface area contributed by atoms with Gasteiger partial charge in [0.2, 0.25) is 0 Å². The van der Waals surface area contributed by atoms with Gasteiger partial charge < -0.3 is 5.73 Å². The maximum Gasteiger partial charge on any atom is 0.184 e. The van der Waals surface area contributed by atoms with E-state index in [2.05, 4.69) is 15.5 Å². The van der Waals surface area contributed by atoms with Crippen LogP contribution in [0.5, 0.6) is 0 Å². The Bertz CT molecular complexity index is 601. The molecule has 102 valence electrons. The van der Waals surface area contributed by atoms with Crippen molar-refractivity contribution in [3.63, 3.8) is 0 Å². The van der Waals surface area contributed by atoms with Crippen LogP contribution in [-0.2, 0) is 17.3 Å². The third-order valence-electron chi connectivity index (χ3n) is 2.57. The van der Waals surface area contributed by atoms with Crippen LogP contribution in [0.1, 0.15) is 6.42 Å². The molecular weight excluding hydrogens is 269 g/mol. The molecule has 2 rings (SSSR count). The summed E-state index contributed by atoms with van der Waals surface area (Å²) in [4.78, 5) is 0. The highest BCUT2D eigenvalue weighted by molar-refractivity contribution is 7.84. The van der Waals surface area contributed by atoms with E-state index in [1.165, 1.54) is 10.7 Å². The molecule has 1 atom stereocenters. The Morgan fingerprint density at radius 1 is 1.47 bits per heavy atom. The van der Waals surface area contributed by atoms with Crippen LogP contribution in [0.3, 0.4) is 0 Å². The molecule has 0 radical (unpaired) electrons. The van der Waals surface area contributed by atoms with Gasteiger partial charge in [0.15, 0.2) is 5.82 Å². The van der Waals surface area contributed by atoms with Crippen molar-refractivity contribution in [2.24, 2.45) is 0 Å². The van der Waals surface area contributed by atoms with Crippen molar-refractivity contribution < 1.29 is 8.60 Å². The minimum Gasteiger partial charge on any atom is -0.399 e. The summed E-state index contributed by atoms with van der Waals surface area (Å²) in [7, 11) is -0.858. The third kappa shape index (κ3) is 3.34. The van der Waals surface area contributed by atoms with Crippen molar-refractivity contribution >= 4 is 16.5 Å². The van der Waals surface area contributed by atoms with Gasteiger partial charge in [0.25, 0.3) is 0 Å². The number of aromatic nitrogens is 4. The van der Waals surface area contributed by atoms with E-state index in [0.717, 1.165) is 0 Å². The molecule has 2 aromatic rings. The first-order valence-corrected chi connectivity index (χ1v) is 7.42. The summed E-state index contributed by atoms with van der Waals surface area (Å²) < 4.78 is 26.3. The number of nitrogens with two attached hydrogens (primary N) is 1. The summed E-state index contributed by atoms with van der Waals surface area (Å²) in [5, 5.41) is 11.2. The number of anilines is 1. The van der Waals surface area contributed by atoms with Crippen molar-refractivity contribution in [1.82, 2.24) is 20.2 Å². The van der Waals surface area contributed by atoms with E-state index in [-0.39, 0.29) is 0 Å². The average Bonchev–Trinajstić information content (AvgIpc) is 2.77. The Morgan fingerprint density at radius 2 is 2.26 bits per heavy atom. The highest BCUT2D eigenvalue weighted by Gasteiger charge is 2.13. The quantitative estimate of drug-likeness (QED) is 0.821. The number of nitrogens with zero attached hydrogens (tertiary/aromatic N) is 4. The minimum atomic E-state index is -0.858. The van der Waals surface area contributed by atoms with E-state index in [1.54, 1.807) is 18.4 Å². The number of benzene rings is 1. The van der Waals surface area contributed by atoms with Gasteiger partial charge in [-0.3, -0.25) is 4.21 Å². The lowest BCUT2D eigenvalue weighted by Crippen LogP contribution is -2.07. The van der Waals surface area contributed by atoms with Gasteiger partial charge in [0, 0.05) is 35.0 Å². The van der Waals surface area contributed by atoms with Crippen LogP contribution in [0.2, 0.25) is 0 Å². The van der Waals surface area contributed by atoms with Gasteiger partial charge in [-0.05, 0) is 35.0 Å². The molecule has 1 unspecified atom stereocenters. The van der Waals surface area contributed by atoms with E-state index in [4.69, 9.17) is 5.73 Å². The fraction of sp³-hybridized carbons (Fsp3) is 0.364. The van der Waals surface area contributed by atoms with Gasteiger partial charge in [0.1, 0.15) is 5.82 Å². The summed E-state index contributed by atoms with van der Waals surface area (Å²) in [6, 6.07) is 4.37. The first-order chi connectivity index (χ1) is 9.08. The lowest BCUT2D eigenvalue weighted by Gasteiger charge is -2.05. The number of rotatable bonds is 5. The summed E-state index contributed by atoms with van der Waals surface area (Å²) in [6.45, 7) is 0.492. The molecule has 0 saturated heterocycles. The lowest BCUT2D eigenvalue weighted by molar-refractivity contribution is 0.578. The molecule has 0 aliphatic heterocycles. The molecule has 19 heavy (non-hydrogen) atoms. The van der Waals surface area contributed by atoms with Crippen LogP contribution >= 0.6 is 0 Å². The van der Waals surface area contributed by atoms with Gasteiger partial charge in [-0.25, -0.2) is 9.07 Å². The molecule has 0 spiro atoms. The van der Waals surface area contributed by atoms with Crippen LogP contribution in [-0.4, -0.2) is 36.4 Å². The van der Waals surface area contributed by atoms with Gasteiger partial charge >= 0.3 is 0 Å². The van der Waals surface area contributed by atoms with Crippen molar-refractivity contribution in [3.05, 3.63) is 24.0 Å². The standard InChI is InChI=1S/C11H14FN5OS/c1-19(18)6-2-5-17-11(14-15-16-17)9-4-3-8(13)7-10(9)12/h3-4,7H,2,5-6,13H2,1H3. The van der Waals surface area contributed by atoms with Crippen molar-refractivity contribution in [2.45, 2.75) is 13.0 Å². The second-order valence-corrected chi connectivity index (χ2v) is 5.65. The van der Waals surface area contributed by atoms with Gasteiger partial charge in [-0.2, -0.15) is 0 Å². The number of nitrogen functional groups attached to an aromatic ring is 1. The van der Waals surface area contributed by atoms with Crippen molar-refractivity contribution in [1.29, 1.82) is 0 Å². The van der Waals surface area contributed by atoms with E-state index < -0.39 is 16.6 Å². The van der Waals surface area contributed by atoms with E-state index in [9.17, 15) is 8.60 Å². The fourth-order valence-corrected chi connectivity index (χ4v) is 2.21. The van der Waals surface area contributed by atoms with E-state index in [1.807, 2.05) is 0 Å². The second-order valence-electron chi connectivity index (χ2n) is 4.10. The summed E-state index contributed by atoms with van der Waals surface area (Å²) >= 11 is 0. The molecule has 0 aliphatic carbocycles. The topological polar surface area (TPSA) is 86.7 Å². The maximum absolute atomic E-state index is 13.8. The Hall–Kier alpha value is -1.83. The summed E-state index contributed by atoms with van der Waals surface area (Å²) in [5.74, 6) is 0.443. The zero-order valence-corrected chi connectivity index (χ0v) is 11.2. The van der Waals surface area contributed by atoms with E-state index >= 15 is 0 Å². The van der Waals surface area contributed by atoms with Crippen LogP contribution in [0.4, 0.5) is 10.1 Å². The highest BCUT2D eigenvalue weighted by Crippen LogP contribution is 2.21. The molecule has 0 amide bonds. The number of aryl methyl sites for hydroxylation is 1. The van der Waals surface area contributed by atoms with E-state index in [0.29, 0.717) is 35.8 Å². The van der Waals surface area contributed by atoms with Crippen LogP contribution in [0.15, 0.2) is 18.2 Å². The molecule has 0 bridgehead atoms. The van der Waals surface area contributed by atoms with Crippen LogP contribution in [0, 0.1) is 5.82 Å². The fourth-order valence-electron chi connectivity index (χ4n) is 1.68. The molecule has 2 N–H and O–H groups in total. The Labute approximate surface area is 112 Å². The zero-order chi connectivity index (χ0) is 13.8. The third-order valence-corrected chi connectivity index (χ3v) is 3.43. The number of tetrazole rings is 1. The molecule has 1 aromatic carbocycles. The smallest absolute Gasteiger partial charge is 0.184 e. The molecule has 0 fully saturated rings. The lowest BCUT2D eigenvalue weighted by atomic mass is 10.2. The Kier molecular flexibility index (Phi) is 4.20. The normalized spacial score (nSPS) is 12.5. The number of hydrogen-bond acceptors (Lipinski definition) is 5. The molecule has 6 nitrogen and oxygen atoms in total. The predicted octanol–water partition coefficient (Wildman–Crippen LogP) is 0.830. The second kappa shape index (κ2) is 5.87. The summed E-state index contributed by atoms with van der Waals surface area (Å²) in [5.41, 5.74) is 6.15. The minimum absolute atomic E-state index is 0.303. The Balaban J connectivity index is 2.21. The molecule has 0 aliphatic rings. The van der Waals surface area contributed by atoms with Crippen LogP contribution in [0.25, 0.3) is 11.4 Å². The van der Waals surface area contributed by atoms with Crippen molar-refractivity contribution in [3.8, 4) is 11.4 Å². The monoisotopic (exact) mass is 283 g/mol. The maximum atomic E-state index is 13.8. The number of halogens is 1. The van der Waals surface area contributed by atoms with Crippen LogP contribution < -0.4 is 5.73 Å². The van der Waals surface area contributed by atoms with Gasteiger partial charge in [-0.1, -0.05) is 0 Å². The first-order valence-electron chi connectivity index (χ1n) is 5.69. The van der Waals surface area contributed by atoms with Crippen molar-refractivity contribution in [2.75, 3.05) is 17.7 Å². The average molecular weight is 283 g/mol. The van der Waals surface area contributed by atoms with Gasteiger partial charge in [-0.15, -0.1) is 5.10 Å². The molecule has 1 aromatic heterocycles. The zero-order valence-electron chi connectivity index (χ0n) is 10.4. The molecule has 0 saturated carbocycles. The highest BCUT2D eigenvalue weighted by atomic mass is 32.2. The SMILES string of the molecule is CS(=O)CCCn1nnnc1-c1ccc(N)cc1F. The summed E-state index contributed by atoms with van der Waals surface area (Å²) in [6.07, 6.45) is 2.30. The molecule has 1 heterocycles.